The first-order valence-corrected chi connectivity index (χ1v) is 9.74. The molecule has 0 unspecified atom stereocenters. The highest BCUT2D eigenvalue weighted by Crippen LogP contribution is 2.45. The van der Waals surface area contributed by atoms with E-state index in [2.05, 4.69) is 0 Å². The highest BCUT2D eigenvalue weighted by atomic mass is 35.5. The summed E-state index contributed by atoms with van der Waals surface area (Å²) in [5.74, 6) is -2.61. The Balaban J connectivity index is 1.92. The van der Waals surface area contributed by atoms with Crippen LogP contribution in [0.4, 0.5) is 0 Å². The summed E-state index contributed by atoms with van der Waals surface area (Å²) in [6.45, 7) is 1.32. The fraction of sp³-hybridized carbons (Fsp3) is 0.316. The first kappa shape index (κ1) is 20.2. The SMILES string of the molecule is CC(=O)N(Cc1cccc(-c2sc(C(=O)O)c(OCC(=O)O)c2Cl)c1)C1CC1. The Kier molecular flexibility index (Phi) is 5.90. The minimum Gasteiger partial charge on any atom is -0.479 e. The van der Waals surface area contributed by atoms with Crippen LogP contribution in [0.5, 0.6) is 5.75 Å². The van der Waals surface area contributed by atoms with Crippen molar-refractivity contribution in [3.05, 3.63) is 39.7 Å². The van der Waals surface area contributed by atoms with Crippen molar-refractivity contribution in [2.75, 3.05) is 6.61 Å². The summed E-state index contributed by atoms with van der Waals surface area (Å²) in [6, 6.07) is 7.61. The van der Waals surface area contributed by atoms with Gasteiger partial charge in [0.25, 0.3) is 0 Å². The van der Waals surface area contributed by atoms with Crippen LogP contribution < -0.4 is 4.74 Å². The molecule has 9 heteroatoms. The van der Waals surface area contributed by atoms with E-state index in [1.165, 1.54) is 0 Å². The highest BCUT2D eigenvalue weighted by molar-refractivity contribution is 7.18. The zero-order valence-corrected chi connectivity index (χ0v) is 16.5. The van der Waals surface area contributed by atoms with E-state index in [1.54, 1.807) is 13.0 Å². The number of carboxylic acids is 2. The number of carboxylic acid groups (broad SMARTS) is 2. The van der Waals surface area contributed by atoms with Crippen LogP contribution >= 0.6 is 22.9 Å². The third-order valence-electron chi connectivity index (χ3n) is 4.28. The van der Waals surface area contributed by atoms with E-state index >= 15 is 0 Å². The minimum absolute atomic E-state index is 0.0135. The Morgan fingerprint density at radius 2 is 2.00 bits per heavy atom. The number of aromatic carboxylic acids is 1. The van der Waals surface area contributed by atoms with Gasteiger partial charge in [0.05, 0.1) is 4.88 Å². The van der Waals surface area contributed by atoms with Gasteiger partial charge in [-0.15, -0.1) is 11.3 Å². The summed E-state index contributed by atoms with van der Waals surface area (Å²) in [4.78, 5) is 36.3. The van der Waals surface area contributed by atoms with Crippen LogP contribution in [-0.2, 0) is 16.1 Å². The molecule has 1 heterocycles. The third-order valence-corrected chi connectivity index (χ3v) is 5.96. The molecule has 1 aliphatic carbocycles. The fourth-order valence-corrected chi connectivity index (χ4v) is 4.28. The molecular formula is C19H18ClNO6S. The molecule has 1 aromatic heterocycles. The van der Waals surface area contributed by atoms with Gasteiger partial charge in [-0.1, -0.05) is 29.8 Å². The van der Waals surface area contributed by atoms with Crippen molar-refractivity contribution < 1.29 is 29.3 Å². The largest absolute Gasteiger partial charge is 0.479 e. The molecule has 0 saturated heterocycles. The molecule has 0 atom stereocenters. The van der Waals surface area contributed by atoms with Crippen LogP contribution in [-0.4, -0.2) is 45.6 Å². The van der Waals surface area contributed by atoms with Crippen molar-refractivity contribution in [3.63, 3.8) is 0 Å². The van der Waals surface area contributed by atoms with Crippen molar-refractivity contribution >= 4 is 40.8 Å². The van der Waals surface area contributed by atoms with Gasteiger partial charge in [-0.05, 0) is 30.0 Å². The first-order valence-electron chi connectivity index (χ1n) is 8.54. The number of amides is 1. The number of nitrogens with zero attached hydrogens (tertiary/aromatic N) is 1. The maximum atomic E-state index is 11.9. The quantitative estimate of drug-likeness (QED) is 0.670. The standard InChI is InChI=1S/C19H18ClNO6S/c1-10(22)21(13-5-6-13)8-11-3-2-4-12(7-11)17-15(20)16(27-9-14(23)24)18(28-17)19(25)26/h2-4,7,13H,5-6,8-9H2,1H3,(H,23,24)(H,25,26). The number of ether oxygens (including phenoxy) is 1. The van der Waals surface area contributed by atoms with Crippen LogP contribution in [0.3, 0.4) is 0 Å². The number of carbonyl (C=O) groups is 3. The maximum absolute atomic E-state index is 11.9. The molecule has 1 aliphatic rings. The lowest BCUT2D eigenvalue weighted by Gasteiger charge is -2.21. The maximum Gasteiger partial charge on any atom is 0.349 e. The summed E-state index contributed by atoms with van der Waals surface area (Å²) in [5.41, 5.74) is 1.58. The van der Waals surface area contributed by atoms with Crippen LogP contribution in [0, 0.1) is 0 Å². The molecule has 28 heavy (non-hydrogen) atoms. The Bertz CT molecular complexity index is 937. The highest BCUT2D eigenvalue weighted by Gasteiger charge is 2.31. The lowest BCUT2D eigenvalue weighted by atomic mass is 10.1. The summed E-state index contributed by atoms with van der Waals surface area (Å²) in [5, 5.41) is 18.2. The molecule has 0 bridgehead atoms. The Labute approximate surface area is 170 Å². The van der Waals surface area contributed by atoms with Crippen molar-refractivity contribution in [1.29, 1.82) is 0 Å². The van der Waals surface area contributed by atoms with E-state index < -0.39 is 18.5 Å². The fourth-order valence-electron chi connectivity index (χ4n) is 2.88. The van der Waals surface area contributed by atoms with Gasteiger partial charge in [0.1, 0.15) is 5.02 Å². The number of carbonyl (C=O) groups excluding carboxylic acids is 1. The predicted octanol–water partition coefficient (Wildman–Crippen LogP) is 3.74. The summed E-state index contributed by atoms with van der Waals surface area (Å²) in [7, 11) is 0. The predicted molar refractivity (Wildman–Crippen MR) is 104 cm³/mol. The molecule has 1 amide bonds. The monoisotopic (exact) mass is 423 g/mol. The average molecular weight is 424 g/mol. The smallest absolute Gasteiger partial charge is 0.349 e. The van der Waals surface area contributed by atoms with Gasteiger partial charge in [-0.3, -0.25) is 4.79 Å². The second kappa shape index (κ2) is 8.20. The summed E-state index contributed by atoms with van der Waals surface area (Å²) < 4.78 is 5.10. The van der Waals surface area contributed by atoms with Gasteiger partial charge < -0.3 is 19.8 Å². The Morgan fingerprint density at radius 1 is 1.29 bits per heavy atom. The van der Waals surface area contributed by atoms with E-state index in [0.29, 0.717) is 17.0 Å². The number of rotatable bonds is 8. The van der Waals surface area contributed by atoms with Crippen LogP contribution in [0.25, 0.3) is 10.4 Å². The van der Waals surface area contributed by atoms with Crippen LogP contribution in [0.2, 0.25) is 5.02 Å². The summed E-state index contributed by atoms with van der Waals surface area (Å²) in [6.07, 6.45) is 2.00. The lowest BCUT2D eigenvalue weighted by Crippen LogP contribution is -2.30. The normalized spacial score (nSPS) is 13.2. The molecule has 0 spiro atoms. The molecule has 148 valence electrons. The Hall–Kier alpha value is -2.58. The van der Waals surface area contributed by atoms with E-state index in [4.69, 9.17) is 21.4 Å². The van der Waals surface area contributed by atoms with Crippen molar-refractivity contribution in [3.8, 4) is 16.2 Å². The average Bonchev–Trinajstić information content (AvgIpc) is 3.41. The van der Waals surface area contributed by atoms with E-state index in [1.807, 2.05) is 23.1 Å². The van der Waals surface area contributed by atoms with Gasteiger partial charge in [-0.2, -0.15) is 0 Å². The van der Waals surface area contributed by atoms with E-state index in [-0.39, 0.29) is 27.6 Å². The van der Waals surface area contributed by atoms with Gasteiger partial charge in [-0.25, -0.2) is 9.59 Å². The first-order chi connectivity index (χ1) is 13.3. The molecule has 2 aromatic rings. The lowest BCUT2D eigenvalue weighted by molar-refractivity contribution is -0.139. The van der Waals surface area contributed by atoms with Crippen LogP contribution in [0.15, 0.2) is 24.3 Å². The molecular weight excluding hydrogens is 406 g/mol. The zero-order valence-electron chi connectivity index (χ0n) is 15.0. The molecule has 2 N–H and O–H groups in total. The van der Waals surface area contributed by atoms with E-state index in [9.17, 15) is 19.5 Å². The molecule has 1 fully saturated rings. The molecule has 1 aromatic carbocycles. The number of aliphatic carboxylic acids is 1. The van der Waals surface area contributed by atoms with Crippen LogP contribution in [0.1, 0.15) is 35.0 Å². The molecule has 1 saturated carbocycles. The van der Waals surface area contributed by atoms with Crippen molar-refractivity contribution in [2.45, 2.75) is 32.4 Å². The minimum atomic E-state index is -1.24. The number of benzene rings is 1. The molecule has 3 rings (SSSR count). The van der Waals surface area contributed by atoms with Gasteiger partial charge in [0.15, 0.2) is 17.2 Å². The van der Waals surface area contributed by atoms with Crippen molar-refractivity contribution in [1.82, 2.24) is 4.90 Å². The zero-order chi connectivity index (χ0) is 20.4. The second-order valence-electron chi connectivity index (χ2n) is 6.47. The Morgan fingerprint density at radius 3 is 2.57 bits per heavy atom. The topological polar surface area (TPSA) is 104 Å². The van der Waals surface area contributed by atoms with Gasteiger partial charge >= 0.3 is 11.9 Å². The number of hydrogen-bond acceptors (Lipinski definition) is 5. The van der Waals surface area contributed by atoms with E-state index in [0.717, 1.165) is 29.7 Å². The molecule has 0 aliphatic heterocycles. The van der Waals surface area contributed by atoms with Gasteiger partial charge in [0, 0.05) is 19.5 Å². The number of thiophene rings is 1. The third kappa shape index (κ3) is 4.45. The van der Waals surface area contributed by atoms with Crippen molar-refractivity contribution in [2.24, 2.45) is 0 Å². The molecule has 7 nitrogen and oxygen atoms in total. The second-order valence-corrected chi connectivity index (χ2v) is 7.87. The molecule has 0 radical (unpaired) electrons. The summed E-state index contributed by atoms with van der Waals surface area (Å²) >= 11 is 7.25. The number of hydrogen-bond donors (Lipinski definition) is 2. The number of halogens is 1. The van der Waals surface area contributed by atoms with Gasteiger partial charge in [0.2, 0.25) is 5.91 Å².